The zero-order valence-electron chi connectivity index (χ0n) is 8.32. The molecule has 0 aliphatic rings. The third-order valence-electron chi connectivity index (χ3n) is 2.15. The van der Waals surface area contributed by atoms with Crippen LogP contribution in [-0.4, -0.2) is 0 Å². The molecule has 0 rings (SSSR count). The van der Waals surface area contributed by atoms with Crippen molar-refractivity contribution in [1.29, 1.82) is 0 Å². The van der Waals surface area contributed by atoms with Crippen LogP contribution in [0.2, 0.25) is 0 Å². The molecule has 0 atom stereocenters. The highest BCUT2D eigenvalue weighted by atomic mass is 13.9. The van der Waals surface area contributed by atoms with Crippen LogP contribution in [0.5, 0.6) is 0 Å². The predicted octanol–water partition coefficient (Wildman–Crippen LogP) is 4.31. The lowest BCUT2D eigenvalue weighted by molar-refractivity contribution is 0.724. The maximum atomic E-state index is 2.43. The summed E-state index contributed by atoms with van der Waals surface area (Å²) < 4.78 is 0. The Morgan fingerprint density at radius 3 is 2.09 bits per heavy atom. The molecule has 0 heterocycles. The Hall–Kier alpha value is -0.260. The molecule has 0 saturated heterocycles. The van der Waals surface area contributed by atoms with Crippen molar-refractivity contribution in [2.45, 2.75) is 59.3 Å². The highest BCUT2D eigenvalue weighted by Gasteiger charge is 1.88. The molecule has 0 unspecified atom stereocenters. The fourth-order valence-electron chi connectivity index (χ4n) is 1.24. The van der Waals surface area contributed by atoms with Crippen LogP contribution in [0.1, 0.15) is 59.3 Å². The average Bonchev–Trinajstić information content (AvgIpc) is 2.05. The van der Waals surface area contributed by atoms with Crippen molar-refractivity contribution in [3.63, 3.8) is 0 Å². The molecule has 0 aromatic rings. The molecule has 0 N–H and O–H groups in total. The van der Waals surface area contributed by atoms with E-state index >= 15 is 0 Å². The van der Waals surface area contributed by atoms with Gasteiger partial charge in [0, 0.05) is 0 Å². The zero-order chi connectivity index (χ0) is 8.53. The van der Waals surface area contributed by atoms with Crippen LogP contribution >= 0.6 is 0 Å². The van der Waals surface area contributed by atoms with E-state index in [4.69, 9.17) is 0 Å². The molecule has 0 amide bonds. The second-order valence-corrected chi connectivity index (χ2v) is 3.07. The van der Waals surface area contributed by atoms with Crippen molar-refractivity contribution in [3.8, 4) is 0 Å². The molecule has 0 radical (unpaired) electrons. The summed E-state index contributed by atoms with van der Waals surface area (Å²) in [6, 6.07) is 0. The highest BCUT2D eigenvalue weighted by molar-refractivity contribution is 4.99. The SMILES string of the molecule is CCCCCC=C(CC)CC. The van der Waals surface area contributed by atoms with Gasteiger partial charge in [0.05, 0.1) is 0 Å². The van der Waals surface area contributed by atoms with E-state index in [-0.39, 0.29) is 0 Å². The summed E-state index contributed by atoms with van der Waals surface area (Å²) in [5.74, 6) is 0. The maximum Gasteiger partial charge on any atom is -0.0348 e. The molecule has 0 nitrogen and oxygen atoms in total. The van der Waals surface area contributed by atoms with Gasteiger partial charge < -0.3 is 0 Å². The van der Waals surface area contributed by atoms with Crippen LogP contribution in [0.15, 0.2) is 11.6 Å². The largest absolute Gasteiger partial charge is 0.0854 e. The van der Waals surface area contributed by atoms with Crippen molar-refractivity contribution < 1.29 is 0 Å². The first-order valence-corrected chi connectivity index (χ1v) is 5.03. The minimum atomic E-state index is 1.24. The summed E-state index contributed by atoms with van der Waals surface area (Å²) in [4.78, 5) is 0. The zero-order valence-corrected chi connectivity index (χ0v) is 8.32. The van der Waals surface area contributed by atoms with E-state index in [0.717, 1.165) is 0 Å². The Bertz CT molecular complexity index is 94.6. The van der Waals surface area contributed by atoms with Gasteiger partial charge in [-0.3, -0.25) is 0 Å². The molecule has 0 bridgehead atoms. The van der Waals surface area contributed by atoms with E-state index in [1.54, 1.807) is 5.57 Å². The van der Waals surface area contributed by atoms with Crippen LogP contribution in [0.3, 0.4) is 0 Å². The van der Waals surface area contributed by atoms with Crippen molar-refractivity contribution >= 4 is 0 Å². The van der Waals surface area contributed by atoms with Gasteiger partial charge in [-0.15, -0.1) is 0 Å². The first-order chi connectivity index (χ1) is 5.35. The van der Waals surface area contributed by atoms with E-state index in [2.05, 4.69) is 26.8 Å². The molecule has 0 aliphatic carbocycles. The van der Waals surface area contributed by atoms with Crippen molar-refractivity contribution in [3.05, 3.63) is 11.6 Å². The summed E-state index contributed by atoms with van der Waals surface area (Å²) in [5, 5.41) is 0. The van der Waals surface area contributed by atoms with Gasteiger partial charge in [-0.05, 0) is 25.7 Å². The highest BCUT2D eigenvalue weighted by Crippen LogP contribution is 2.09. The van der Waals surface area contributed by atoms with Crippen LogP contribution in [0, 0.1) is 0 Å². The third kappa shape index (κ3) is 6.15. The molecular formula is C11H22. The number of unbranched alkanes of at least 4 members (excludes halogenated alkanes) is 3. The summed E-state index contributed by atoms with van der Waals surface area (Å²) in [5.41, 5.74) is 1.63. The lowest BCUT2D eigenvalue weighted by Crippen LogP contribution is -1.78. The van der Waals surface area contributed by atoms with Gasteiger partial charge in [-0.2, -0.15) is 0 Å². The molecule has 0 fully saturated rings. The van der Waals surface area contributed by atoms with Crippen molar-refractivity contribution in [1.82, 2.24) is 0 Å². The Kier molecular flexibility index (Phi) is 7.66. The number of hydrogen-bond acceptors (Lipinski definition) is 0. The molecule has 0 aliphatic heterocycles. The Morgan fingerprint density at radius 1 is 1.00 bits per heavy atom. The number of hydrogen-bond donors (Lipinski definition) is 0. The molecule has 0 aromatic heterocycles. The van der Waals surface area contributed by atoms with Gasteiger partial charge in [0.1, 0.15) is 0 Å². The fourth-order valence-corrected chi connectivity index (χ4v) is 1.24. The first-order valence-electron chi connectivity index (χ1n) is 5.03. The fraction of sp³-hybridized carbons (Fsp3) is 0.818. The minimum Gasteiger partial charge on any atom is -0.0854 e. The minimum absolute atomic E-state index is 1.24. The van der Waals surface area contributed by atoms with Gasteiger partial charge in [0.2, 0.25) is 0 Å². The molecular weight excluding hydrogens is 132 g/mol. The summed E-state index contributed by atoms with van der Waals surface area (Å²) in [6.45, 7) is 6.74. The molecule has 0 saturated carbocycles. The Morgan fingerprint density at radius 2 is 1.64 bits per heavy atom. The number of rotatable bonds is 6. The Labute approximate surface area is 71.7 Å². The first kappa shape index (κ1) is 10.7. The topological polar surface area (TPSA) is 0 Å². The van der Waals surface area contributed by atoms with Crippen LogP contribution < -0.4 is 0 Å². The maximum absolute atomic E-state index is 2.43. The van der Waals surface area contributed by atoms with E-state index < -0.39 is 0 Å². The van der Waals surface area contributed by atoms with E-state index in [9.17, 15) is 0 Å². The average molecular weight is 154 g/mol. The molecule has 0 aromatic carbocycles. The van der Waals surface area contributed by atoms with Gasteiger partial charge >= 0.3 is 0 Å². The normalized spacial score (nSPS) is 9.73. The van der Waals surface area contributed by atoms with Gasteiger partial charge in [0.15, 0.2) is 0 Å². The van der Waals surface area contributed by atoms with E-state index in [1.165, 1.54) is 38.5 Å². The van der Waals surface area contributed by atoms with Crippen LogP contribution in [0.25, 0.3) is 0 Å². The Balaban J connectivity index is 3.37. The second kappa shape index (κ2) is 7.84. The summed E-state index contributed by atoms with van der Waals surface area (Å²) in [6.07, 6.45) is 10.3. The second-order valence-electron chi connectivity index (χ2n) is 3.07. The van der Waals surface area contributed by atoms with Crippen molar-refractivity contribution in [2.24, 2.45) is 0 Å². The quantitative estimate of drug-likeness (QED) is 0.395. The van der Waals surface area contributed by atoms with Gasteiger partial charge in [-0.1, -0.05) is 45.3 Å². The standard InChI is InChI=1S/C11H22/c1-4-7-8-9-10-11(5-2)6-3/h10H,4-9H2,1-3H3. The van der Waals surface area contributed by atoms with Crippen LogP contribution in [0.4, 0.5) is 0 Å². The van der Waals surface area contributed by atoms with Crippen LogP contribution in [-0.2, 0) is 0 Å². The molecule has 11 heavy (non-hydrogen) atoms. The summed E-state index contributed by atoms with van der Waals surface area (Å²) in [7, 11) is 0. The third-order valence-corrected chi connectivity index (χ3v) is 2.15. The van der Waals surface area contributed by atoms with Gasteiger partial charge in [-0.25, -0.2) is 0 Å². The van der Waals surface area contributed by atoms with Gasteiger partial charge in [0.25, 0.3) is 0 Å². The molecule has 0 spiro atoms. The lowest BCUT2D eigenvalue weighted by atomic mass is 10.1. The molecule has 0 heteroatoms. The predicted molar refractivity (Wildman–Crippen MR) is 52.8 cm³/mol. The van der Waals surface area contributed by atoms with E-state index in [0.29, 0.717) is 0 Å². The smallest absolute Gasteiger partial charge is 0.0348 e. The summed E-state index contributed by atoms with van der Waals surface area (Å²) >= 11 is 0. The van der Waals surface area contributed by atoms with Crippen molar-refractivity contribution in [2.75, 3.05) is 0 Å². The molecule has 66 valence electrons. The monoisotopic (exact) mass is 154 g/mol. The number of allylic oxidation sites excluding steroid dienone is 2. The lowest BCUT2D eigenvalue weighted by Gasteiger charge is -1.99. The van der Waals surface area contributed by atoms with E-state index in [1.807, 2.05) is 0 Å².